The highest BCUT2D eigenvalue weighted by molar-refractivity contribution is 5.92. The minimum Gasteiger partial charge on any atom is -0.491 e. The van der Waals surface area contributed by atoms with Crippen LogP contribution in [0.15, 0.2) is 48.7 Å². The smallest absolute Gasteiger partial charge is 0.339 e. The number of anilines is 1. The molecule has 1 aromatic heterocycles. The van der Waals surface area contributed by atoms with Crippen molar-refractivity contribution in [3.63, 3.8) is 0 Å². The van der Waals surface area contributed by atoms with Gasteiger partial charge in [-0.1, -0.05) is 18.2 Å². The Morgan fingerprint density at radius 3 is 2.71 bits per heavy atom. The lowest BCUT2D eigenvalue weighted by atomic mass is 10.2. The Hall–Kier alpha value is -2.60. The highest BCUT2D eigenvalue weighted by Gasteiger charge is 2.12. The zero-order chi connectivity index (χ0) is 15.1. The molecule has 3 N–H and O–H groups in total. The molecule has 1 aromatic carbocycles. The molecular formula is C15H16N2O4. The molecule has 1 heterocycles. The molecule has 6 heteroatoms. The molecule has 0 aliphatic carbocycles. The number of hydrogen-bond acceptors (Lipinski definition) is 5. The Morgan fingerprint density at radius 2 is 2.00 bits per heavy atom. The highest BCUT2D eigenvalue weighted by Crippen LogP contribution is 2.12. The van der Waals surface area contributed by atoms with Gasteiger partial charge >= 0.3 is 5.97 Å². The van der Waals surface area contributed by atoms with Gasteiger partial charge in [0.2, 0.25) is 0 Å². The maximum atomic E-state index is 11.0. The number of para-hydroxylation sites is 1. The Balaban J connectivity index is 1.84. The van der Waals surface area contributed by atoms with Gasteiger partial charge in [0.15, 0.2) is 0 Å². The maximum Gasteiger partial charge on any atom is 0.339 e. The summed E-state index contributed by atoms with van der Waals surface area (Å²) in [4.78, 5) is 15.0. The average Bonchev–Trinajstić information content (AvgIpc) is 2.52. The second-order valence-corrected chi connectivity index (χ2v) is 4.36. The quantitative estimate of drug-likeness (QED) is 0.717. The van der Waals surface area contributed by atoms with Crippen molar-refractivity contribution in [1.82, 2.24) is 4.98 Å². The largest absolute Gasteiger partial charge is 0.491 e. The normalized spacial score (nSPS) is 11.7. The van der Waals surface area contributed by atoms with Gasteiger partial charge in [0.05, 0.1) is 0 Å². The molecule has 0 aliphatic heterocycles. The van der Waals surface area contributed by atoms with Gasteiger partial charge in [-0.3, -0.25) is 0 Å². The minimum atomic E-state index is -1.07. The van der Waals surface area contributed by atoms with E-state index in [1.807, 2.05) is 18.2 Å². The van der Waals surface area contributed by atoms with Gasteiger partial charge in [-0.05, 0) is 24.3 Å². The molecule has 110 valence electrons. The van der Waals surface area contributed by atoms with Gasteiger partial charge in [0, 0.05) is 12.7 Å². The van der Waals surface area contributed by atoms with Gasteiger partial charge in [-0.15, -0.1) is 0 Å². The molecule has 2 aromatic rings. The van der Waals surface area contributed by atoms with Crippen LogP contribution in [0.25, 0.3) is 0 Å². The van der Waals surface area contributed by atoms with Crippen molar-refractivity contribution in [1.29, 1.82) is 0 Å². The molecule has 0 fully saturated rings. The molecule has 0 saturated carbocycles. The van der Waals surface area contributed by atoms with E-state index in [-0.39, 0.29) is 24.5 Å². The first-order valence-corrected chi connectivity index (χ1v) is 6.45. The number of aliphatic hydroxyl groups is 1. The van der Waals surface area contributed by atoms with E-state index < -0.39 is 12.1 Å². The molecule has 0 amide bonds. The first-order chi connectivity index (χ1) is 10.2. The number of carboxylic acid groups (broad SMARTS) is 1. The summed E-state index contributed by atoms with van der Waals surface area (Å²) in [6.07, 6.45) is 0.704. The number of aromatic nitrogens is 1. The maximum absolute atomic E-state index is 11.0. The van der Waals surface area contributed by atoms with Crippen LogP contribution in [0.5, 0.6) is 5.75 Å². The average molecular weight is 288 g/mol. The molecule has 2 rings (SSSR count). The zero-order valence-electron chi connectivity index (χ0n) is 11.3. The lowest BCUT2D eigenvalue weighted by Crippen LogP contribution is -2.27. The Morgan fingerprint density at radius 1 is 1.24 bits per heavy atom. The predicted molar refractivity (Wildman–Crippen MR) is 77.6 cm³/mol. The van der Waals surface area contributed by atoms with E-state index in [0.717, 1.165) is 0 Å². The summed E-state index contributed by atoms with van der Waals surface area (Å²) in [5.41, 5.74) is 0.0636. The van der Waals surface area contributed by atoms with Crippen LogP contribution in [-0.2, 0) is 0 Å². The second-order valence-electron chi connectivity index (χ2n) is 4.36. The van der Waals surface area contributed by atoms with Gasteiger partial charge in [0.1, 0.15) is 29.8 Å². The number of nitrogens with one attached hydrogen (secondary N) is 1. The van der Waals surface area contributed by atoms with Crippen molar-refractivity contribution in [3.05, 3.63) is 54.2 Å². The van der Waals surface area contributed by atoms with E-state index in [0.29, 0.717) is 5.75 Å². The van der Waals surface area contributed by atoms with Crippen LogP contribution in [0.1, 0.15) is 10.4 Å². The number of carbonyl (C=O) groups is 1. The van der Waals surface area contributed by atoms with Crippen molar-refractivity contribution in [2.45, 2.75) is 6.10 Å². The van der Waals surface area contributed by atoms with Gasteiger partial charge in [0.25, 0.3) is 0 Å². The van der Waals surface area contributed by atoms with Crippen LogP contribution in [0.2, 0.25) is 0 Å². The summed E-state index contributed by atoms with van der Waals surface area (Å²) >= 11 is 0. The third-order valence-electron chi connectivity index (χ3n) is 2.73. The lowest BCUT2D eigenvalue weighted by molar-refractivity contribution is 0.0697. The van der Waals surface area contributed by atoms with Gasteiger partial charge in [-0.2, -0.15) is 0 Å². The molecule has 21 heavy (non-hydrogen) atoms. The van der Waals surface area contributed by atoms with Crippen molar-refractivity contribution in [2.75, 3.05) is 18.5 Å². The van der Waals surface area contributed by atoms with Crippen molar-refractivity contribution in [2.24, 2.45) is 0 Å². The number of aliphatic hydroxyl groups excluding tert-OH is 1. The third-order valence-corrected chi connectivity index (χ3v) is 2.73. The summed E-state index contributed by atoms with van der Waals surface area (Å²) < 4.78 is 5.41. The highest BCUT2D eigenvalue weighted by atomic mass is 16.5. The molecular weight excluding hydrogens is 272 g/mol. The van der Waals surface area contributed by atoms with Crippen LogP contribution in [-0.4, -0.2) is 40.4 Å². The van der Waals surface area contributed by atoms with E-state index in [1.165, 1.54) is 12.3 Å². The summed E-state index contributed by atoms with van der Waals surface area (Å²) in [7, 11) is 0. The number of ether oxygens (including phenoxy) is 1. The molecule has 1 atom stereocenters. The number of carboxylic acids is 1. The van der Waals surface area contributed by atoms with E-state index in [9.17, 15) is 9.90 Å². The fourth-order valence-electron chi connectivity index (χ4n) is 1.70. The Labute approximate surface area is 122 Å². The van der Waals surface area contributed by atoms with E-state index in [4.69, 9.17) is 9.84 Å². The topological polar surface area (TPSA) is 91.7 Å². The van der Waals surface area contributed by atoms with E-state index in [1.54, 1.807) is 18.2 Å². The summed E-state index contributed by atoms with van der Waals surface area (Å²) in [5.74, 6) is -0.176. The predicted octanol–water partition coefficient (Wildman–Crippen LogP) is 1.63. The van der Waals surface area contributed by atoms with Crippen LogP contribution >= 0.6 is 0 Å². The van der Waals surface area contributed by atoms with E-state index in [2.05, 4.69) is 10.3 Å². The van der Waals surface area contributed by atoms with Crippen LogP contribution in [0.3, 0.4) is 0 Å². The van der Waals surface area contributed by atoms with Crippen molar-refractivity contribution >= 4 is 11.8 Å². The summed E-state index contributed by atoms with van der Waals surface area (Å²) in [6, 6.07) is 12.1. The van der Waals surface area contributed by atoms with Gasteiger partial charge in [-0.25, -0.2) is 9.78 Å². The Kier molecular flexibility index (Phi) is 5.11. The summed E-state index contributed by atoms with van der Waals surface area (Å²) in [6.45, 7) is 0.246. The fourth-order valence-corrected chi connectivity index (χ4v) is 1.70. The van der Waals surface area contributed by atoms with E-state index >= 15 is 0 Å². The van der Waals surface area contributed by atoms with Crippen LogP contribution in [0, 0.1) is 0 Å². The number of nitrogens with zero attached hydrogens (tertiary/aromatic N) is 1. The zero-order valence-corrected chi connectivity index (χ0v) is 11.3. The monoisotopic (exact) mass is 288 g/mol. The first-order valence-electron chi connectivity index (χ1n) is 6.45. The number of aromatic carboxylic acids is 1. The standard InChI is InChI=1S/C15H16N2O4/c18-11(10-21-12-5-2-1-3-6-12)9-17-14-13(15(19)20)7-4-8-16-14/h1-8,11,18H,9-10H2,(H,16,17)(H,19,20). The molecule has 6 nitrogen and oxygen atoms in total. The number of pyridine rings is 1. The SMILES string of the molecule is O=C(O)c1cccnc1NCC(O)COc1ccccc1. The molecule has 0 bridgehead atoms. The number of benzene rings is 1. The molecule has 0 aliphatic rings. The van der Waals surface area contributed by atoms with Crippen molar-refractivity contribution < 1.29 is 19.7 Å². The number of rotatable bonds is 7. The van der Waals surface area contributed by atoms with Crippen LogP contribution < -0.4 is 10.1 Å². The second kappa shape index (κ2) is 7.25. The lowest BCUT2D eigenvalue weighted by Gasteiger charge is -2.14. The number of hydrogen-bond donors (Lipinski definition) is 3. The van der Waals surface area contributed by atoms with Crippen molar-refractivity contribution in [3.8, 4) is 5.75 Å². The first kappa shape index (κ1) is 14.8. The Bertz CT molecular complexity index is 589. The van der Waals surface area contributed by atoms with Gasteiger partial charge < -0.3 is 20.3 Å². The summed E-state index contributed by atoms with van der Waals surface area (Å²) in [5, 5.41) is 21.7. The molecule has 0 saturated heterocycles. The fraction of sp³-hybridized carbons (Fsp3) is 0.200. The molecule has 0 spiro atoms. The molecule has 0 radical (unpaired) electrons. The third kappa shape index (κ3) is 4.47. The minimum absolute atomic E-state index is 0.0636. The van der Waals surface area contributed by atoms with Crippen LogP contribution in [0.4, 0.5) is 5.82 Å². The molecule has 1 unspecified atom stereocenters.